The zero-order chi connectivity index (χ0) is 64.7. The van der Waals surface area contributed by atoms with Gasteiger partial charge in [-0.15, -0.1) is 0 Å². The highest BCUT2D eigenvalue weighted by Crippen LogP contribution is 2.17. The van der Waals surface area contributed by atoms with Gasteiger partial charge in [-0.1, -0.05) is 309 Å². The Hall–Kier alpha value is -4.31. The summed E-state index contributed by atoms with van der Waals surface area (Å²) in [4.78, 5) is 37.7. The Bertz CT molecular complexity index is 1880. The minimum atomic E-state index is -1.52. The maximum atomic E-state index is 13.0. The van der Waals surface area contributed by atoms with E-state index in [0.717, 1.165) is 96.3 Å². The zero-order valence-corrected chi connectivity index (χ0v) is 58.3. The van der Waals surface area contributed by atoms with E-state index in [1.54, 1.807) is 0 Å². The zero-order valence-electron chi connectivity index (χ0n) is 58.3. The highest BCUT2D eigenvalue weighted by Gasteiger charge is 2.25. The molecule has 0 spiro atoms. The molecule has 2 unspecified atom stereocenters. The molecule has 0 amide bonds. The molecule has 9 nitrogen and oxygen atoms in total. The molecule has 0 bridgehead atoms. The lowest BCUT2D eigenvalue weighted by atomic mass is 10.0. The van der Waals surface area contributed by atoms with Gasteiger partial charge in [0.1, 0.15) is 13.2 Å². The summed E-state index contributed by atoms with van der Waals surface area (Å²) in [5.74, 6) is -2.00. The van der Waals surface area contributed by atoms with Crippen LogP contribution >= 0.6 is 0 Å². The molecule has 2 atom stereocenters. The summed E-state index contributed by atoms with van der Waals surface area (Å²) in [6.07, 6.45) is 96.0. The Kier molecular flexibility index (Phi) is 66.2. The van der Waals surface area contributed by atoms with Crippen molar-refractivity contribution < 1.29 is 42.9 Å². The van der Waals surface area contributed by atoms with Gasteiger partial charge in [-0.3, -0.25) is 9.59 Å². The van der Waals surface area contributed by atoms with E-state index in [2.05, 4.69) is 135 Å². The van der Waals surface area contributed by atoms with Gasteiger partial charge in [-0.2, -0.15) is 0 Å². The maximum absolute atomic E-state index is 13.0. The number of aliphatic carboxylic acids is 1. The lowest BCUT2D eigenvalue weighted by Crippen LogP contribution is -2.40. The normalized spacial score (nSPS) is 13.4. The summed E-state index contributed by atoms with van der Waals surface area (Å²) in [6, 6.07) is 0. The Morgan fingerprint density at radius 3 is 0.955 bits per heavy atom. The number of carbonyl (C=O) groups excluding carboxylic acids is 2. The molecular formula is C80H138NO8+. The maximum Gasteiger partial charge on any atom is 0.361 e. The Morgan fingerprint density at radius 2 is 0.640 bits per heavy atom. The van der Waals surface area contributed by atoms with Crippen LogP contribution < -0.4 is 0 Å². The molecule has 0 aromatic heterocycles. The molecule has 0 aliphatic carbocycles. The fourth-order valence-corrected chi connectivity index (χ4v) is 10.1. The Morgan fingerprint density at radius 1 is 0.348 bits per heavy atom. The number of hydrogen-bond acceptors (Lipinski definition) is 7. The van der Waals surface area contributed by atoms with Crippen LogP contribution in [0.1, 0.15) is 309 Å². The van der Waals surface area contributed by atoms with Gasteiger partial charge in [0.05, 0.1) is 34.4 Å². The summed E-state index contributed by atoms with van der Waals surface area (Å²) in [7, 11) is 5.98. The standard InChI is InChI=1S/C80H137NO8/c1-6-8-10-12-14-16-18-20-22-24-26-28-30-32-34-35-36-37-38-39-40-41-42-43-45-47-49-51-53-55-57-59-61-63-65-67-69-71-78(83)89-76(75-88-80(79(84)85)86-73-72-81(3,4)5)74-87-77(82)70-68-66-64-62-60-58-56-54-52-50-48-46-44-33-31-29-27-25-23-21-19-17-15-13-11-9-7-2/h8,10,14,16,19-22,25-28,31-34,36-37,39-40,76,80H,6-7,9,11-13,15,17-18,23-24,29-30,35,38,41-75H2,1-5H3/p+1/b10-8-,16-14-,21-19-,22-20-,27-25-,28-26-,33-31-,34-32-,37-36-,40-39-. The second-order valence-electron chi connectivity index (χ2n) is 25.5. The minimum absolute atomic E-state index is 0.184. The van der Waals surface area contributed by atoms with Crippen LogP contribution in [0.2, 0.25) is 0 Å². The molecule has 0 aliphatic heterocycles. The van der Waals surface area contributed by atoms with Crippen molar-refractivity contribution in [2.75, 3.05) is 47.5 Å². The van der Waals surface area contributed by atoms with Crippen molar-refractivity contribution in [1.29, 1.82) is 0 Å². The van der Waals surface area contributed by atoms with Crippen LogP contribution in [0.25, 0.3) is 0 Å². The van der Waals surface area contributed by atoms with E-state index in [-0.39, 0.29) is 32.2 Å². The van der Waals surface area contributed by atoms with Crippen LogP contribution in [-0.2, 0) is 33.3 Å². The predicted octanol–water partition coefficient (Wildman–Crippen LogP) is 23.1. The lowest BCUT2D eigenvalue weighted by molar-refractivity contribution is -0.870. The molecule has 0 radical (unpaired) electrons. The predicted molar refractivity (Wildman–Crippen MR) is 382 cm³/mol. The van der Waals surface area contributed by atoms with Gasteiger partial charge in [0.15, 0.2) is 6.10 Å². The van der Waals surface area contributed by atoms with E-state index in [4.69, 9.17) is 18.9 Å². The molecular weight excluding hydrogens is 1100 g/mol. The van der Waals surface area contributed by atoms with Crippen LogP contribution in [0.4, 0.5) is 0 Å². The van der Waals surface area contributed by atoms with Crippen molar-refractivity contribution in [2.45, 2.75) is 322 Å². The number of quaternary nitrogens is 1. The molecule has 1 N–H and O–H groups in total. The first-order valence-electron chi connectivity index (χ1n) is 36.7. The second-order valence-corrected chi connectivity index (χ2v) is 25.5. The molecule has 0 aromatic rings. The van der Waals surface area contributed by atoms with E-state index in [9.17, 15) is 19.5 Å². The molecule has 510 valence electrons. The molecule has 0 saturated carbocycles. The van der Waals surface area contributed by atoms with Crippen LogP contribution in [0, 0.1) is 0 Å². The molecule has 9 heteroatoms. The minimum Gasteiger partial charge on any atom is -0.477 e. The number of carbonyl (C=O) groups is 3. The van der Waals surface area contributed by atoms with Crippen molar-refractivity contribution in [2.24, 2.45) is 0 Å². The van der Waals surface area contributed by atoms with Crippen LogP contribution in [0.15, 0.2) is 122 Å². The van der Waals surface area contributed by atoms with Gasteiger partial charge in [0, 0.05) is 12.8 Å². The van der Waals surface area contributed by atoms with E-state index in [1.165, 1.54) is 186 Å². The number of ether oxygens (including phenoxy) is 4. The highest BCUT2D eigenvalue weighted by atomic mass is 16.7. The second kappa shape index (κ2) is 69.6. The number of likely N-dealkylation sites (N-methyl/N-ethyl adjacent to an activating group) is 1. The lowest BCUT2D eigenvalue weighted by Gasteiger charge is -2.25. The summed E-state index contributed by atoms with van der Waals surface area (Å²) in [6.45, 7) is 4.77. The third-order valence-electron chi connectivity index (χ3n) is 15.7. The summed E-state index contributed by atoms with van der Waals surface area (Å²) >= 11 is 0. The largest absolute Gasteiger partial charge is 0.477 e. The van der Waals surface area contributed by atoms with Gasteiger partial charge in [-0.05, 0) is 109 Å². The van der Waals surface area contributed by atoms with Gasteiger partial charge in [-0.25, -0.2) is 4.79 Å². The molecule has 0 rings (SSSR count). The van der Waals surface area contributed by atoms with Crippen LogP contribution in [0.3, 0.4) is 0 Å². The van der Waals surface area contributed by atoms with Gasteiger partial charge in [0.25, 0.3) is 6.29 Å². The van der Waals surface area contributed by atoms with Crippen molar-refractivity contribution in [3.63, 3.8) is 0 Å². The summed E-state index contributed by atoms with van der Waals surface area (Å²) in [5.41, 5.74) is 0. The number of carboxylic acids is 1. The van der Waals surface area contributed by atoms with E-state index in [0.29, 0.717) is 17.4 Å². The summed E-state index contributed by atoms with van der Waals surface area (Å²) in [5, 5.41) is 9.76. The third kappa shape index (κ3) is 71.0. The number of unbranched alkanes of at least 4 members (excludes halogenated alkanes) is 32. The Labute approximate surface area is 548 Å². The van der Waals surface area contributed by atoms with Crippen molar-refractivity contribution in [1.82, 2.24) is 0 Å². The SMILES string of the molecule is CC/C=C\C/C=C\C/C=C\C/C=C\C/C=C\C/C=C\C/C=C\CCCCCCCCCCCCCCCCCC(=O)OC(COC(=O)CCCCCCCCCCCCCC/C=C\C/C=C\C/C=C\CCCCCCC)COC(OCC[N+](C)(C)C)C(=O)O. The first-order valence-corrected chi connectivity index (χ1v) is 36.7. The molecule has 0 aliphatic rings. The van der Waals surface area contributed by atoms with Gasteiger partial charge >= 0.3 is 17.9 Å². The number of hydrogen-bond donors (Lipinski definition) is 1. The monoisotopic (exact) mass is 1240 g/mol. The van der Waals surface area contributed by atoms with E-state index >= 15 is 0 Å². The van der Waals surface area contributed by atoms with Crippen molar-refractivity contribution in [3.05, 3.63) is 122 Å². The molecule has 89 heavy (non-hydrogen) atoms. The van der Waals surface area contributed by atoms with Gasteiger partial charge < -0.3 is 28.5 Å². The number of rotatable bonds is 67. The van der Waals surface area contributed by atoms with Crippen molar-refractivity contribution in [3.8, 4) is 0 Å². The average Bonchev–Trinajstić information content (AvgIpc) is 3.70. The molecule has 0 fully saturated rings. The fraction of sp³-hybridized carbons (Fsp3) is 0.713. The number of esters is 2. The van der Waals surface area contributed by atoms with Crippen LogP contribution in [0.5, 0.6) is 0 Å². The number of carboxylic acid groups (broad SMARTS) is 1. The third-order valence-corrected chi connectivity index (χ3v) is 15.7. The quantitative estimate of drug-likeness (QED) is 0.0211. The topological polar surface area (TPSA) is 108 Å². The number of nitrogens with zero attached hydrogens (tertiary/aromatic N) is 1. The molecule has 0 heterocycles. The summed E-state index contributed by atoms with van der Waals surface area (Å²) < 4.78 is 23.0. The molecule has 0 saturated heterocycles. The smallest absolute Gasteiger partial charge is 0.361 e. The highest BCUT2D eigenvalue weighted by molar-refractivity contribution is 5.71. The van der Waals surface area contributed by atoms with E-state index < -0.39 is 24.3 Å². The first kappa shape index (κ1) is 84.7. The Balaban J connectivity index is 4.10. The average molecular weight is 1240 g/mol. The molecule has 0 aromatic carbocycles. The first-order chi connectivity index (χ1) is 43.6. The fourth-order valence-electron chi connectivity index (χ4n) is 10.1. The van der Waals surface area contributed by atoms with Crippen molar-refractivity contribution >= 4 is 17.9 Å². The van der Waals surface area contributed by atoms with E-state index in [1.807, 2.05) is 21.1 Å². The number of allylic oxidation sites excluding steroid dienone is 20. The van der Waals surface area contributed by atoms with Gasteiger partial charge in [0.2, 0.25) is 0 Å². The van der Waals surface area contributed by atoms with Crippen LogP contribution in [-0.4, -0.2) is 87.4 Å².